The molecule has 0 spiro atoms. The number of piperazine rings is 1. The second-order valence-electron chi connectivity index (χ2n) is 6.80. The van der Waals surface area contributed by atoms with Crippen LogP contribution in [0.1, 0.15) is 18.4 Å². The highest BCUT2D eigenvalue weighted by atomic mass is 16.5. The van der Waals surface area contributed by atoms with Crippen LogP contribution in [0.5, 0.6) is 5.75 Å². The zero-order chi connectivity index (χ0) is 15.9. The summed E-state index contributed by atoms with van der Waals surface area (Å²) < 4.78 is 11.0. The molecule has 0 amide bonds. The van der Waals surface area contributed by atoms with Crippen molar-refractivity contribution in [2.75, 3.05) is 59.6 Å². The van der Waals surface area contributed by atoms with Gasteiger partial charge >= 0.3 is 0 Å². The van der Waals surface area contributed by atoms with E-state index >= 15 is 0 Å². The third-order valence-corrected chi connectivity index (χ3v) is 5.07. The van der Waals surface area contributed by atoms with E-state index < -0.39 is 0 Å². The molecule has 0 N–H and O–H groups in total. The van der Waals surface area contributed by atoms with Crippen LogP contribution in [-0.2, 0) is 11.2 Å². The quantitative estimate of drug-likeness (QED) is 0.751. The van der Waals surface area contributed by atoms with E-state index in [-0.39, 0.29) is 0 Å². The molecule has 1 saturated heterocycles. The Labute approximate surface area is 140 Å². The van der Waals surface area contributed by atoms with Gasteiger partial charge in [-0.15, -0.1) is 0 Å². The van der Waals surface area contributed by atoms with E-state index in [1.807, 2.05) is 0 Å². The van der Waals surface area contributed by atoms with Crippen molar-refractivity contribution in [3.8, 4) is 5.75 Å². The van der Waals surface area contributed by atoms with Crippen molar-refractivity contribution in [3.05, 3.63) is 29.8 Å². The van der Waals surface area contributed by atoms with Gasteiger partial charge in [0.25, 0.3) is 0 Å². The first-order valence-corrected chi connectivity index (χ1v) is 8.99. The van der Waals surface area contributed by atoms with Gasteiger partial charge in [0.05, 0.1) is 6.61 Å². The molecule has 1 aromatic carbocycles. The molecule has 128 valence electrons. The molecule has 4 heteroatoms. The van der Waals surface area contributed by atoms with Gasteiger partial charge in [-0.3, -0.25) is 0 Å². The summed E-state index contributed by atoms with van der Waals surface area (Å²) in [6.07, 6.45) is 3.47. The Morgan fingerprint density at radius 1 is 1.13 bits per heavy atom. The second kappa shape index (κ2) is 8.67. The van der Waals surface area contributed by atoms with Crippen LogP contribution < -0.4 is 4.74 Å². The average Bonchev–Trinajstić information content (AvgIpc) is 2.78. The first-order chi connectivity index (χ1) is 11.3. The predicted octanol–water partition coefficient (Wildman–Crippen LogP) is 2.28. The van der Waals surface area contributed by atoms with Crippen LogP contribution in [-0.4, -0.2) is 69.4 Å². The van der Waals surface area contributed by atoms with E-state index in [2.05, 4.69) is 34.1 Å². The van der Waals surface area contributed by atoms with Crippen LogP contribution in [0.4, 0.5) is 0 Å². The minimum atomic E-state index is 0.721. The lowest BCUT2D eigenvalue weighted by Gasteiger charge is -2.36. The summed E-state index contributed by atoms with van der Waals surface area (Å²) >= 11 is 0. The van der Waals surface area contributed by atoms with Crippen molar-refractivity contribution in [2.24, 2.45) is 5.92 Å². The van der Waals surface area contributed by atoms with Gasteiger partial charge in [-0.05, 0) is 36.8 Å². The highest BCUT2D eigenvalue weighted by Gasteiger charge is 2.22. The Morgan fingerprint density at radius 3 is 2.74 bits per heavy atom. The molecule has 1 fully saturated rings. The number of para-hydroxylation sites is 1. The molecule has 0 aliphatic carbocycles. The molecule has 2 aliphatic rings. The van der Waals surface area contributed by atoms with Gasteiger partial charge in [0.1, 0.15) is 5.75 Å². The van der Waals surface area contributed by atoms with Crippen molar-refractivity contribution >= 4 is 0 Å². The molecule has 23 heavy (non-hydrogen) atoms. The summed E-state index contributed by atoms with van der Waals surface area (Å²) in [5.74, 6) is 1.82. The number of rotatable bonds is 6. The van der Waals surface area contributed by atoms with Crippen molar-refractivity contribution in [2.45, 2.75) is 19.3 Å². The van der Waals surface area contributed by atoms with Crippen LogP contribution in [0, 0.1) is 5.92 Å². The molecule has 0 radical (unpaired) electrons. The number of hydrogen-bond acceptors (Lipinski definition) is 4. The SMILES string of the molecule is COCCCN1CCN(C[C@H]2CCOc3ccccc3C2)CC1. The predicted molar refractivity (Wildman–Crippen MR) is 93.1 cm³/mol. The highest BCUT2D eigenvalue weighted by Crippen LogP contribution is 2.27. The van der Waals surface area contributed by atoms with Crippen molar-refractivity contribution in [1.29, 1.82) is 0 Å². The second-order valence-corrected chi connectivity index (χ2v) is 6.80. The molecule has 4 nitrogen and oxygen atoms in total. The molecule has 1 atom stereocenters. The van der Waals surface area contributed by atoms with Gasteiger partial charge in [-0.2, -0.15) is 0 Å². The normalized spacial score (nSPS) is 23.1. The van der Waals surface area contributed by atoms with Crippen LogP contribution in [0.25, 0.3) is 0 Å². The van der Waals surface area contributed by atoms with Crippen molar-refractivity contribution < 1.29 is 9.47 Å². The fourth-order valence-corrected chi connectivity index (χ4v) is 3.71. The first-order valence-electron chi connectivity index (χ1n) is 8.99. The maximum Gasteiger partial charge on any atom is 0.122 e. The molecule has 0 unspecified atom stereocenters. The topological polar surface area (TPSA) is 24.9 Å². The van der Waals surface area contributed by atoms with Crippen molar-refractivity contribution in [3.63, 3.8) is 0 Å². The third kappa shape index (κ3) is 4.93. The summed E-state index contributed by atoms with van der Waals surface area (Å²) in [4.78, 5) is 5.21. The number of methoxy groups -OCH3 is 1. The van der Waals surface area contributed by atoms with E-state index in [1.165, 1.54) is 51.3 Å². The lowest BCUT2D eigenvalue weighted by atomic mass is 9.96. The smallest absolute Gasteiger partial charge is 0.122 e. The molecule has 3 rings (SSSR count). The number of fused-ring (bicyclic) bond motifs is 1. The Bertz CT molecular complexity index is 472. The minimum absolute atomic E-state index is 0.721. The van der Waals surface area contributed by atoms with Crippen LogP contribution in [0.2, 0.25) is 0 Å². The minimum Gasteiger partial charge on any atom is -0.493 e. The number of hydrogen-bond donors (Lipinski definition) is 0. The van der Waals surface area contributed by atoms with Gasteiger partial charge in [0.15, 0.2) is 0 Å². The molecule has 1 aromatic rings. The number of nitrogens with zero attached hydrogens (tertiary/aromatic N) is 2. The van der Waals surface area contributed by atoms with Gasteiger partial charge in [0.2, 0.25) is 0 Å². The zero-order valence-corrected chi connectivity index (χ0v) is 14.4. The molecule has 0 aromatic heterocycles. The molecule has 2 heterocycles. The maximum absolute atomic E-state index is 5.90. The fraction of sp³-hybridized carbons (Fsp3) is 0.684. The first kappa shape index (κ1) is 16.7. The Hall–Kier alpha value is -1.10. The maximum atomic E-state index is 5.90. The molecular weight excluding hydrogens is 288 g/mol. The third-order valence-electron chi connectivity index (χ3n) is 5.07. The van der Waals surface area contributed by atoms with E-state index in [0.717, 1.165) is 37.7 Å². The van der Waals surface area contributed by atoms with E-state index in [9.17, 15) is 0 Å². The van der Waals surface area contributed by atoms with E-state index in [0.29, 0.717) is 0 Å². The monoisotopic (exact) mass is 318 g/mol. The Morgan fingerprint density at radius 2 is 1.91 bits per heavy atom. The summed E-state index contributed by atoms with van der Waals surface area (Å²) in [6, 6.07) is 8.53. The van der Waals surface area contributed by atoms with Crippen LogP contribution >= 0.6 is 0 Å². The molecule has 2 aliphatic heterocycles. The lowest BCUT2D eigenvalue weighted by molar-refractivity contribution is 0.103. The van der Waals surface area contributed by atoms with Crippen LogP contribution in [0.3, 0.4) is 0 Å². The Balaban J connectivity index is 1.44. The van der Waals surface area contributed by atoms with Gasteiger partial charge in [0, 0.05) is 53.0 Å². The van der Waals surface area contributed by atoms with Crippen LogP contribution in [0.15, 0.2) is 24.3 Å². The van der Waals surface area contributed by atoms with Crippen molar-refractivity contribution in [1.82, 2.24) is 9.80 Å². The fourth-order valence-electron chi connectivity index (χ4n) is 3.71. The van der Waals surface area contributed by atoms with E-state index in [1.54, 1.807) is 7.11 Å². The summed E-state index contributed by atoms with van der Waals surface area (Å²) in [7, 11) is 1.78. The molecular formula is C19H30N2O2. The Kier molecular flexibility index (Phi) is 6.31. The summed E-state index contributed by atoms with van der Waals surface area (Å²) in [5, 5.41) is 0. The highest BCUT2D eigenvalue weighted by molar-refractivity contribution is 5.34. The number of ether oxygens (including phenoxy) is 2. The van der Waals surface area contributed by atoms with Gasteiger partial charge in [-0.1, -0.05) is 18.2 Å². The zero-order valence-electron chi connectivity index (χ0n) is 14.4. The van der Waals surface area contributed by atoms with Gasteiger partial charge < -0.3 is 19.3 Å². The summed E-state index contributed by atoms with van der Waals surface area (Å²) in [5.41, 5.74) is 1.38. The molecule has 0 bridgehead atoms. The lowest BCUT2D eigenvalue weighted by Crippen LogP contribution is -2.48. The van der Waals surface area contributed by atoms with Gasteiger partial charge in [-0.25, -0.2) is 0 Å². The molecule has 0 saturated carbocycles. The number of benzene rings is 1. The largest absolute Gasteiger partial charge is 0.493 e. The average molecular weight is 318 g/mol. The summed E-state index contributed by atoms with van der Waals surface area (Å²) in [6.45, 7) is 8.92. The standard InChI is InChI=1S/C19H30N2O2/c1-22-13-4-8-20-9-11-21(12-10-20)16-17-7-14-23-19-6-3-2-5-18(19)15-17/h2-3,5-6,17H,4,7-16H2,1H3/t17-/m0/s1. The van der Waals surface area contributed by atoms with E-state index in [4.69, 9.17) is 9.47 Å².